The van der Waals surface area contributed by atoms with Crippen LogP contribution in [-0.2, 0) is 20.7 Å². The first-order chi connectivity index (χ1) is 20.4. The fraction of sp³-hybridized carbons (Fsp3) is 0.516. The van der Waals surface area contributed by atoms with Gasteiger partial charge in [0, 0.05) is 25.6 Å². The number of carbonyl (C=O) groups is 2. The molecule has 3 fully saturated rings. The molecule has 2 bridgehead atoms. The van der Waals surface area contributed by atoms with E-state index in [1.54, 1.807) is 61.5 Å². The van der Waals surface area contributed by atoms with Gasteiger partial charge in [-0.3, -0.25) is 18.8 Å². The fourth-order valence-corrected chi connectivity index (χ4v) is 7.64. The lowest BCUT2D eigenvalue weighted by Crippen LogP contribution is -2.55. The molecule has 2 amide bonds. The summed E-state index contributed by atoms with van der Waals surface area (Å²) in [4.78, 5) is 28.2. The summed E-state index contributed by atoms with van der Waals surface area (Å²) in [6, 6.07) is 11.6. The van der Waals surface area contributed by atoms with Gasteiger partial charge < -0.3 is 14.8 Å². The molecule has 3 aliphatic rings. The van der Waals surface area contributed by atoms with Crippen molar-refractivity contribution < 1.29 is 32.6 Å². The highest BCUT2D eigenvalue weighted by atomic mass is 32.3. The fourth-order valence-electron chi connectivity index (χ4n) is 6.18. The quantitative estimate of drug-likeness (QED) is 0.388. The molecule has 43 heavy (non-hydrogen) atoms. The Morgan fingerprint density at radius 3 is 2.44 bits per heavy atom. The van der Waals surface area contributed by atoms with Crippen molar-refractivity contribution in [2.45, 2.75) is 75.1 Å². The molecule has 0 spiro atoms. The predicted molar refractivity (Wildman–Crippen MR) is 160 cm³/mol. The number of carbonyl (C=O) groups excluding carboxylic acids is 2. The number of nitriles is 1. The molecule has 232 valence electrons. The van der Waals surface area contributed by atoms with Crippen molar-refractivity contribution in [3.8, 4) is 17.2 Å². The van der Waals surface area contributed by atoms with E-state index in [-0.39, 0.29) is 23.9 Å². The van der Waals surface area contributed by atoms with Crippen LogP contribution in [0.2, 0.25) is 0 Å². The van der Waals surface area contributed by atoms with E-state index in [1.807, 2.05) is 0 Å². The van der Waals surface area contributed by atoms with Gasteiger partial charge in [-0.2, -0.15) is 9.57 Å². The summed E-state index contributed by atoms with van der Waals surface area (Å²) in [5, 5.41) is 12.5. The standard InChI is InChI=1S/C31H39FN4O6S/c1-31(2,3)42-30(38)36-25-9-6-23(17-25)28(36)29(37)34-24(19-33)16-22-5-4-21(18-27(22)32)20-7-10-26(11-8-20)43(39,40)35-12-14-41-15-13-35/h4-5,7-8,10-11,18,23-25,28,39-40H,6,9,12-17H2,1-3H3,(H,34,37)/t23-,24-,25+,28-/m0/s1. The van der Waals surface area contributed by atoms with Crippen LogP contribution in [0.15, 0.2) is 47.4 Å². The number of morpholine rings is 1. The van der Waals surface area contributed by atoms with Crippen LogP contribution >= 0.6 is 10.8 Å². The number of benzene rings is 2. The number of hydrogen-bond acceptors (Lipinski definition) is 8. The molecular formula is C31H39FN4O6S. The van der Waals surface area contributed by atoms with Gasteiger partial charge in [0.15, 0.2) is 0 Å². The molecule has 12 heteroatoms. The van der Waals surface area contributed by atoms with Gasteiger partial charge in [0.25, 0.3) is 0 Å². The zero-order valence-corrected chi connectivity index (χ0v) is 25.5. The van der Waals surface area contributed by atoms with Crippen LogP contribution < -0.4 is 5.32 Å². The van der Waals surface area contributed by atoms with Crippen molar-refractivity contribution in [1.82, 2.24) is 14.5 Å². The highest BCUT2D eigenvalue weighted by molar-refractivity contribution is 8.22. The van der Waals surface area contributed by atoms with Crippen LogP contribution in [0.5, 0.6) is 0 Å². The maximum atomic E-state index is 15.2. The minimum atomic E-state index is -3.14. The molecule has 4 atom stereocenters. The normalized spacial score (nSPS) is 23.5. The summed E-state index contributed by atoms with van der Waals surface area (Å²) >= 11 is 0. The molecule has 3 N–H and O–H groups in total. The summed E-state index contributed by atoms with van der Waals surface area (Å²) in [7, 11) is -3.14. The summed E-state index contributed by atoms with van der Waals surface area (Å²) in [6.07, 6.45) is 1.78. The Hall–Kier alpha value is -3.21. The number of halogens is 1. The number of amides is 2. The number of nitrogens with zero attached hydrogens (tertiary/aromatic N) is 3. The minimum Gasteiger partial charge on any atom is -0.444 e. The Morgan fingerprint density at radius 1 is 1.14 bits per heavy atom. The topological polar surface area (TPSA) is 135 Å². The minimum absolute atomic E-state index is 0.00318. The van der Waals surface area contributed by atoms with Gasteiger partial charge in [0.2, 0.25) is 5.91 Å². The molecule has 10 nitrogen and oxygen atoms in total. The molecule has 5 rings (SSSR count). The van der Waals surface area contributed by atoms with Crippen molar-refractivity contribution >= 4 is 22.8 Å². The van der Waals surface area contributed by atoms with Crippen molar-refractivity contribution in [2.24, 2.45) is 5.92 Å². The number of fused-ring (bicyclic) bond motifs is 2. The van der Waals surface area contributed by atoms with Crippen molar-refractivity contribution in [3.05, 3.63) is 53.8 Å². The second-order valence-corrected chi connectivity index (χ2v) is 14.4. The molecule has 1 aliphatic carbocycles. The van der Waals surface area contributed by atoms with E-state index in [2.05, 4.69) is 11.4 Å². The molecule has 0 aromatic heterocycles. The van der Waals surface area contributed by atoms with Crippen LogP contribution in [0.25, 0.3) is 11.1 Å². The Labute approximate surface area is 253 Å². The third kappa shape index (κ3) is 6.81. The summed E-state index contributed by atoms with van der Waals surface area (Å²) < 4.78 is 49.3. The lowest BCUT2D eigenvalue weighted by Gasteiger charge is -2.44. The Bertz CT molecular complexity index is 1390. The van der Waals surface area contributed by atoms with E-state index in [0.717, 1.165) is 19.3 Å². The highest BCUT2D eigenvalue weighted by Crippen LogP contribution is 2.51. The smallest absolute Gasteiger partial charge is 0.411 e. The SMILES string of the molecule is CC(C)(C)OC(=O)N1[C@@H]2CC[C@@H](C2)[C@H]1C(=O)N[C@H](C#N)Cc1ccc(-c2ccc(S(O)(O)N3CCOCC3)cc2)cc1F. The molecule has 2 aliphatic heterocycles. The van der Waals surface area contributed by atoms with Gasteiger partial charge in [0.1, 0.15) is 23.5 Å². The average molecular weight is 615 g/mol. The predicted octanol–water partition coefficient (Wildman–Crippen LogP) is 5.19. The number of hydrogen-bond donors (Lipinski definition) is 3. The lowest BCUT2D eigenvalue weighted by atomic mass is 9.97. The highest BCUT2D eigenvalue weighted by Gasteiger charge is 2.52. The first kappa shape index (κ1) is 31.2. The zero-order chi connectivity index (χ0) is 30.9. The van der Waals surface area contributed by atoms with Crippen LogP contribution in [0.3, 0.4) is 0 Å². The molecule has 0 unspecified atom stereocenters. The second kappa shape index (κ2) is 12.4. The van der Waals surface area contributed by atoms with Crippen molar-refractivity contribution in [2.75, 3.05) is 26.3 Å². The van der Waals surface area contributed by atoms with E-state index < -0.39 is 46.3 Å². The molecule has 2 heterocycles. The summed E-state index contributed by atoms with van der Waals surface area (Å²) in [6.45, 7) is 7.03. The van der Waals surface area contributed by atoms with E-state index in [9.17, 15) is 24.0 Å². The van der Waals surface area contributed by atoms with Gasteiger partial charge >= 0.3 is 6.09 Å². The van der Waals surface area contributed by atoms with Crippen LogP contribution in [-0.4, -0.2) is 80.3 Å². The summed E-state index contributed by atoms with van der Waals surface area (Å²) in [5.74, 6) is -0.953. The average Bonchev–Trinajstić information content (AvgIpc) is 3.60. The Kier molecular flexibility index (Phi) is 9.02. The largest absolute Gasteiger partial charge is 0.444 e. The van der Waals surface area contributed by atoms with E-state index in [0.29, 0.717) is 42.3 Å². The molecule has 0 radical (unpaired) electrons. The van der Waals surface area contributed by atoms with Crippen LogP contribution in [0, 0.1) is 23.1 Å². The van der Waals surface area contributed by atoms with Gasteiger partial charge in [-0.25, -0.2) is 9.18 Å². The summed E-state index contributed by atoms with van der Waals surface area (Å²) in [5.41, 5.74) is 0.844. The van der Waals surface area contributed by atoms with Crippen molar-refractivity contribution in [3.63, 3.8) is 0 Å². The maximum Gasteiger partial charge on any atom is 0.411 e. The van der Waals surface area contributed by atoms with Gasteiger partial charge in [-0.15, -0.1) is 10.8 Å². The zero-order valence-electron chi connectivity index (χ0n) is 24.7. The van der Waals surface area contributed by atoms with Gasteiger partial charge in [-0.05, 0) is 80.8 Å². The number of nitrogens with one attached hydrogen (secondary N) is 1. The molecular weight excluding hydrogens is 575 g/mol. The number of ether oxygens (including phenoxy) is 2. The van der Waals surface area contributed by atoms with Gasteiger partial charge in [0.05, 0.1) is 24.2 Å². The number of rotatable bonds is 7. The lowest BCUT2D eigenvalue weighted by molar-refractivity contribution is -0.128. The number of piperidine rings is 1. The van der Waals surface area contributed by atoms with Gasteiger partial charge in [-0.1, -0.05) is 24.3 Å². The molecule has 2 saturated heterocycles. The third-order valence-corrected chi connectivity index (χ3v) is 10.2. The van der Waals surface area contributed by atoms with Crippen molar-refractivity contribution in [1.29, 1.82) is 5.26 Å². The second-order valence-electron chi connectivity index (χ2n) is 12.3. The Morgan fingerprint density at radius 2 is 1.81 bits per heavy atom. The molecule has 2 aromatic carbocycles. The Balaban J connectivity index is 1.24. The molecule has 2 aromatic rings. The maximum absolute atomic E-state index is 15.2. The van der Waals surface area contributed by atoms with E-state index in [1.165, 1.54) is 11.0 Å². The first-order valence-corrected chi connectivity index (χ1v) is 16.1. The number of likely N-dealkylation sites (tertiary alicyclic amines) is 1. The van der Waals surface area contributed by atoms with E-state index in [4.69, 9.17) is 9.47 Å². The van der Waals surface area contributed by atoms with Crippen LogP contribution in [0.1, 0.15) is 45.6 Å². The third-order valence-electron chi connectivity index (χ3n) is 8.24. The monoisotopic (exact) mass is 614 g/mol. The van der Waals surface area contributed by atoms with Crippen LogP contribution in [0.4, 0.5) is 9.18 Å². The van der Waals surface area contributed by atoms with E-state index >= 15 is 4.39 Å². The first-order valence-electron chi connectivity index (χ1n) is 14.6. The molecule has 1 saturated carbocycles.